The van der Waals surface area contributed by atoms with Gasteiger partial charge in [0.05, 0.1) is 28.8 Å². The monoisotopic (exact) mass is 471 g/mol. The fraction of sp³-hybridized carbons (Fsp3) is 0.0500. The molecule has 156 valence electrons. The molecule has 0 fully saturated rings. The van der Waals surface area contributed by atoms with Crippen LogP contribution in [0.3, 0.4) is 0 Å². The normalized spacial score (nSPS) is 11.1. The lowest BCUT2D eigenvalue weighted by molar-refractivity contribution is 0.479. The molecule has 2 aromatic heterocycles. The maximum absolute atomic E-state index is 12.6. The van der Waals surface area contributed by atoms with Gasteiger partial charge in [0.15, 0.2) is 5.82 Å². The predicted molar refractivity (Wildman–Crippen MR) is 117 cm³/mol. The van der Waals surface area contributed by atoms with Gasteiger partial charge in [-0.1, -0.05) is 11.6 Å². The third-order valence-corrected chi connectivity index (χ3v) is 6.52. The summed E-state index contributed by atoms with van der Waals surface area (Å²) in [6, 6.07) is 11.2. The Bertz CT molecular complexity index is 1350. The molecule has 0 unspecified atom stereocenters. The topological polar surface area (TPSA) is 110 Å². The molecule has 31 heavy (non-hydrogen) atoms. The third-order valence-electron chi connectivity index (χ3n) is 4.21. The number of halogens is 1. The van der Waals surface area contributed by atoms with Crippen molar-refractivity contribution in [1.82, 2.24) is 14.5 Å². The first-order chi connectivity index (χ1) is 14.9. The van der Waals surface area contributed by atoms with Crippen molar-refractivity contribution in [2.24, 2.45) is 0 Å². The van der Waals surface area contributed by atoms with E-state index >= 15 is 0 Å². The molecule has 0 radical (unpaired) electrons. The molecule has 0 spiro atoms. The second-order valence-electron chi connectivity index (χ2n) is 6.34. The minimum Gasteiger partial charge on any atom is -0.456 e. The van der Waals surface area contributed by atoms with Gasteiger partial charge in [-0.2, -0.15) is 5.26 Å². The molecule has 8 nitrogen and oxygen atoms in total. The third kappa shape index (κ3) is 4.86. The number of nitrogens with one attached hydrogen (secondary N) is 1. The summed E-state index contributed by atoms with van der Waals surface area (Å²) in [5.41, 5.74) is 2.40. The molecule has 2 heterocycles. The molecule has 0 saturated carbocycles. The number of benzene rings is 2. The Hall–Kier alpha value is -3.39. The van der Waals surface area contributed by atoms with Gasteiger partial charge in [0.2, 0.25) is 0 Å². The van der Waals surface area contributed by atoms with E-state index in [4.69, 9.17) is 16.3 Å². The van der Waals surface area contributed by atoms with Crippen molar-refractivity contribution < 1.29 is 13.2 Å². The number of hydrogen-bond acceptors (Lipinski definition) is 7. The number of anilines is 1. The number of imidazole rings is 1. The Kier molecular flexibility index (Phi) is 5.90. The zero-order valence-corrected chi connectivity index (χ0v) is 18.2. The number of ether oxygens (including phenoxy) is 1. The van der Waals surface area contributed by atoms with Crippen LogP contribution in [-0.2, 0) is 16.6 Å². The van der Waals surface area contributed by atoms with Gasteiger partial charge < -0.3 is 9.30 Å². The van der Waals surface area contributed by atoms with E-state index in [1.54, 1.807) is 36.1 Å². The zero-order chi connectivity index (χ0) is 21.8. The van der Waals surface area contributed by atoms with Crippen LogP contribution >= 0.6 is 22.9 Å². The van der Waals surface area contributed by atoms with Gasteiger partial charge in [-0.3, -0.25) is 4.72 Å². The minimum absolute atomic E-state index is 0.0682. The van der Waals surface area contributed by atoms with E-state index < -0.39 is 10.0 Å². The summed E-state index contributed by atoms with van der Waals surface area (Å²) in [7, 11) is -3.89. The fourth-order valence-electron chi connectivity index (χ4n) is 2.75. The highest BCUT2D eigenvalue weighted by Gasteiger charge is 2.18. The van der Waals surface area contributed by atoms with Crippen LogP contribution in [0.15, 0.2) is 70.9 Å². The van der Waals surface area contributed by atoms with E-state index in [0.29, 0.717) is 17.3 Å². The van der Waals surface area contributed by atoms with Crippen LogP contribution in [-0.4, -0.2) is 23.0 Å². The Morgan fingerprint density at radius 2 is 2.13 bits per heavy atom. The molecule has 0 aliphatic rings. The maximum atomic E-state index is 12.6. The van der Waals surface area contributed by atoms with Crippen molar-refractivity contribution in [2.45, 2.75) is 11.4 Å². The van der Waals surface area contributed by atoms with Gasteiger partial charge in [-0.25, -0.2) is 18.4 Å². The maximum Gasteiger partial charge on any atom is 0.263 e. The van der Waals surface area contributed by atoms with Crippen molar-refractivity contribution in [3.05, 3.63) is 82.2 Å². The van der Waals surface area contributed by atoms with Gasteiger partial charge in [0, 0.05) is 22.8 Å². The summed E-state index contributed by atoms with van der Waals surface area (Å²) in [5.74, 6) is 0.911. The standard InChI is InChI=1S/C20H14ClN5O3S2/c21-18-3-1-16(7-15(18)10-26-6-5-23-12-26)29-19-4-2-17(8-14(19)9-22)31(27,28)25-20-11-30-13-24-20/h1-8,11-13,25H,10H2. The summed E-state index contributed by atoms with van der Waals surface area (Å²) < 4.78 is 35.2. The van der Waals surface area contributed by atoms with Crippen LogP contribution in [0, 0.1) is 11.3 Å². The molecular formula is C20H14ClN5O3S2. The van der Waals surface area contributed by atoms with Crippen LogP contribution in [0.2, 0.25) is 5.02 Å². The van der Waals surface area contributed by atoms with Crippen LogP contribution in [0.1, 0.15) is 11.1 Å². The number of nitrogens with zero attached hydrogens (tertiary/aromatic N) is 4. The van der Waals surface area contributed by atoms with Gasteiger partial charge in [0.1, 0.15) is 17.6 Å². The van der Waals surface area contributed by atoms with Crippen molar-refractivity contribution >= 4 is 38.8 Å². The average molecular weight is 472 g/mol. The summed E-state index contributed by atoms with van der Waals surface area (Å²) in [6.45, 7) is 0.501. The number of aromatic nitrogens is 3. The van der Waals surface area contributed by atoms with Crippen LogP contribution in [0.4, 0.5) is 5.82 Å². The molecule has 0 amide bonds. The van der Waals surface area contributed by atoms with E-state index in [0.717, 1.165) is 5.56 Å². The molecule has 4 aromatic rings. The van der Waals surface area contributed by atoms with E-state index in [9.17, 15) is 13.7 Å². The summed E-state index contributed by atoms with van der Waals surface area (Å²) >= 11 is 7.55. The minimum atomic E-state index is -3.89. The molecule has 0 atom stereocenters. The second kappa shape index (κ2) is 8.77. The molecule has 2 aromatic carbocycles. The number of thiazole rings is 1. The van der Waals surface area contributed by atoms with E-state index in [-0.39, 0.29) is 22.0 Å². The molecular weight excluding hydrogens is 458 g/mol. The molecule has 11 heteroatoms. The van der Waals surface area contributed by atoms with Gasteiger partial charge >= 0.3 is 0 Å². The summed E-state index contributed by atoms with van der Waals surface area (Å²) in [4.78, 5) is 7.85. The van der Waals surface area contributed by atoms with Gasteiger partial charge in [0.25, 0.3) is 10.0 Å². The Morgan fingerprint density at radius 1 is 1.26 bits per heavy atom. The van der Waals surface area contributed by atoms with Crippen molar-refractivity contribution in [2.75, 3.05) is 4.72 Å². The zero-order valence-electron chi connectivity index (χ0n) is 15.8. The van der Waals surface area contributed by atoms with E-state index in [1.165, 1.54) is 35.0 Å². The highest BCUT2D eigenvalue weighted by molar-refractivity contribution is 7.92. The molecule has 1 N–H and O–H groups in total. The number of rotatable bonds is 7. The highest BCUT2D eigenvalue weighted by Crippen LogP contribution is 2.30. The van der Waals surface area contributed by atoms with Gasteiger partial charge in [-0.15, -0.1) is 11.3 Å². The largest absolute Gasteiger partial charge is 0.456 e. The Balaban J connectivity index is 1.59. The second-order valence-corrected chi connectivity index (χ2v) is 9.15. The van der Waals surface area contributed by atoms with Crippen LogP contribution in [0.5, 0.6) is 11.5 Å². The molecule has 0 aliphatic heterocycles. The summed E-state index contributed by atoms with van der Waals surface area (Å²) in [6.07, 6.45) is 5.17. The quantitative estimate of drug-likeness (QED) is 0.424. The van der Waals surface area contributed by atoms with Crippen molar-refractivity contribution in [1.29, 1.82) is 5.26 Å². The molecule has 0 bridgehead atoms. The number of nitriles is 1. The molecule has 0 aliphatic carbocycles. The lowest BCUT2D eigenvalue weighted by atomic mass is 10.2. The number of hydrogen-bond donors (Lipinski definition) is 1. The van der Waals surface area contributed by atoms with Crippen LogP contribution in [0.25, 0.3) is 0 Å². The predicted octanol–water partition coefficient (Wildman–Crippen LogP) is 4.51. The highest BCUT2D eigenvalue weighted by atomic mass is 35.5. The van der Waals surface area contributed by atoms with E-state index in [1.807, 2.05) is 16.8 Å². The lowest BCUT2D eigenvalue weighted by Crippen LogP contribution is -2.13. The van der Waals surface area contributed by atoms with Crippen molar-refractivity contribution in [3.63, 3.8) is 0 Å². The van der Waals surface area contributed by atoms with Crippen molar-refractivity contribution in [3.8, 4) is 17.6 Å². The molecule has 4 rings (SSSR count). The smallest absolute Gasteiger partial charge is 0.263 e. The van der Waals surface area contributed by atoms with E-state index in [2.05, 4.69) is 14.7 Å². The average Bonchev–Trinajstić information content (AvgIpc) is 3.44. The molecule has 0 saturated heterocycles. The lowest BCUT2D eigenvalue weighted by Gasteiger charge is -2.12. The first kappa shape index (κ1) is 20.9. The van der Waals surface area contributed by atoms with Crippen LogP contribution < -0.4 is 9.46 Å². The Labute approximate surface area is 187 Å². The SMILES string of the molecule is N#Cc1cc(S(=O)(=O)Nc2cscn2)ccc1Oc1ccc(Cl)c(Cn2ccnc2)c1. The van der Waals surface area contributed by atoms with Gasteiger partial charge in [-0.05, 0) is 42.0 Å². The summed E-state index contributed by atoms with van der Waals surface area (Å²) in [5, 5.41) is 11.7. The Morgan fingerprint density at radius 3 is 2.84 bits per heavy atom. The fourth-order valence-corrected chi connectivity index (χ4v) is 4.51. The number of sulfonamides is 1. The first-order valence-corrected chi connectivity index (χ1v) is 11.6. The first-order valence-electron chi connectivity index (χ1n) is 8.82.